The minimum Gasteiger partial charge on any atom is -0.493 e. The quantitative estimate of drug-likeness (QED) is 0.904. The van der Waals surface area contributed by atoms with Crippen LogP contribution in [-0.2, 0) is 6.54 Å². The standard InChI is InChI=1S/C17H28N2O2/c1-12-11-19(3)13(2)8-15(12)18-10-14-6-7-16(20-4)17(9-14)21-5/h6-7,9,12-13,15,18H,8,10-11H2,1-5H3/t12-,13+,15+/m0/s1. The fourth-order valence-corrected chi connectivity index (χ4v) is 3.07. The predicted octanol–water partition coefficient (Wildman–Crippen LogP) is 2.52. The van der Waals surface area contributed by atoms with E-state index in [2.05, 4.69) is 43.2 Å². The summed E-state index contributed by atoms with van der Waals surface area (Å²) in [5.41, 5.74) is 1.23. The van der Waals surface area contributed by atoms with Crippen LogP contribution in [0.15, 0.2) is 18.2 Å². The molecule has 4 nitrogen and oxygen atoms in total. The van der Waals surface area contributed by atoms with Gasteiger partial charge in [0.05, 0.1) is 14.2 Å². The molecule has 0 amide bonds. The van der Waals surface area contributed by atoms with E-state index < -0.39 is 0 Å². The Morgan fingerprint density at radius 2 is 1.90 bits per heavy atom. The first-order valence-corrected chi connectivity index (χ1v) is 7.69. The Morgan fingerprint density at radius 3 is 2.57 bits per heavy atom. The summed E-state index contributed by atoms with van der Waals surface area (Å²) >= 11 is 0. The topological polar surface area (TPSA) is 33.7 Å². The van der Waals surface area contributed by atoms with Crippen LogP contribution in [0.4, 0.5) is 0 Å². The summed E-state index contributed by atoms with van der Waals surface area (Å²) < 4.78 is 10.6. The number of methoxy groups -OCH3 is 2. The molecule has 118 valence electrons. The first-order chi connectivity index (χ1) is 10.0. The summed E-state index contributed by atoms with van der Waals surface area (Å²) in [5.74, 6) is 2.25. The molecule has 4 heteroatoms. The maximum absolute atomic E-state index is 5.36. The molecule has 1 aromatic rings. The molecular formula is C17H28N2O2. The van der Waals surface area contributed by atoms with Gasteiger partial charge in [-0.3, -0.25) is 0 Å². The molecule has 0 aliphatic carbocycles. The zero-order valence-corrected chi connectivity index (χ0v) is 13.8. The molecule has 1 N–H and O–H groups in total. The van der Waals surface area contributed by atoms with Gasteiger partial charge in [0.25, 0.3) is 0 Å². The average Bonchev–Trinajstić information content (AvgIpc) is 2.49. The van der Waals surface area contributed by atoms with Gasteiger partial charge in [-0.05, 0) is 44.0 Å². The molecular weight excluding hydrogens is 264 g/mol. The molecule has 1 heterocycles. The van der Waals surface area contributed by atoms with E-state index >= 15 is 0 Å². The zero-order valence-electron chi connectivity index (χ0n) is 13.8. The van der Waals surface area contributed by atoms with E-state index in [-0.39, 0.29) is 0 Å². The highest BCUT2D eigenvalue weighted by Crippen LogP contribution is 2.28. The average molecular weight is 292 g/mol. The number of benzene rings is 1. The molecule has 2 rings (SSSR count). The van der Waals surface area contributed by atoms with Crippen LogP contribution < -0.4 is 14.8 Å². The van der Waals surface area contributed by atoms with Crippen molar-refractivity contribution >= 4 is 0 Å². The van der Waals surface area contributed by atoms with Crippen molar-refractivity contribution in [2.75, 3.05) is 27.8 Å². The lowest BCUT2D eigenvalue weighted by Crippen LogP contribution is -2.50. The maximum atomic E-state index is 5.36. The van der Waals surface area contributed by atoms with Gasteiger partial charge in [0.15, 0.2) is 11.5 Å². The zero-order chi connectivity index (χ0) is 15.4. The van der Waals surface area contributed by atoms with E-state index in [4.69, 9.17) is 9.47 Å². The van der Waals surface area contributed by atoms with Gasteiger partial charge < -0.3 is 19.7 Å². The largest absolute Gasteiger partial charge is 0.493 e. The van der Waals surface area contributed by atoms with Crippen molar-refractivity contribution in [3.8, 4) is 11.5 Å². The highest BCUT2D eigenvalue weighted by molar-refractivity contribution is 5.42. The molecule has 1 aromatic carbocycles. The van der Waals surface area contributed by atoms with Gasteiger partial charge in [-0.2, -0.15) is 0 Å². The summed E-state index contributed by atoms with van der Waals surface area (Å²) in [6, 6.07) is 7.33. The number of piperidine rings is 1. The van der Waals surface area contributed by atoms with E-state index in [9.17, 15) is 0 Å². The minimum absolute atomic E-state index is 0.573. The van der Waals surface area contributed by atoms with E-state index in [0.29, 0.717) is 18.0 Å². The van der Waals surface area contributed by atoms with E-state index in [1.54, 1.807) is 14.2 Å². The van der Waals surface area contributed by atoms with Crippen LogP contribution in [0, 0.1) is 5.92 Å². The Labute approximate surface area is 128 Å². The molecule has 1 aliphatic rings. The van der Waals surface area contributed by atoms with Crippen LogP contribution in [0.2, 0.25) is 0 Å². The van der Waals surface area contributed by atoms with Crippen LogP contribution in [0.1, 0.15) is 25.8 Å². The summed E-state index contributed by atoms with van der Waals surface area (Å²) in [6.45, 7) is 6.65. The van der Waals surface area contributed by atoms with Crippen molar-refractivity contribution in [1.29, 1.82) is 0 Å². The summed E-state index contributed by atoms with van der Waals surface area (Å²) in [7, 11) is 5.55. The van der Waals surface area contributed by atoms with Gasteiger partial charge in [0.1, 0.15) is 0 Å². The fourth-order valence-electron chi connectivity index (χ4n) is 3.07. The van der Waals surface area contributed by atoms with Crippen LogP contribution in [0.5, 0.6) is 11.5 Å². The van der Waals surface area contributed by atoms with Crippen molar-refractivity contribution in [3.63, 3.8) is 0 Å². The Kier molecular flexibility index (Phi) is 5.48. The predicted molar refractivity (Wildman–Crippen MR) is 86.0 cm³/mol. The lowest BCUT2D eigenvalue weighted by molar-refractivity contribution is 0.121. The maximum Gasteiger partial charge on any atom is 0.161 e. The van der Waals surface area contributed by atoms with Crippen molar-refractivity contribution in [2.45, 2.75) is 38.9 Å². The van der Waals surface area contributed by atoms with E-state index in [0.717, 1.165) is 24.6 Å². The van der Waals surface area contributed by atoms with Gasteiger partial charge in [-0.1, -0.05) is 13.0 Å². The van der Waals surface area contributed by atoms with Gasteiger partial charge in [-0.15, -0.1) is 0 Å². The number of ether oxygens (including phenoxy) is 2. The van der Waals surface area contributed by atoms with Crippen LogP contribution in [0.25, 0.3) is 0 Å². The van der Waals surface area contributed by atoms with E-state index in [1.807, 2.05) is 6.07 Å². The Bertz CT molecular complexity index is 464. The molecule has 0 bridgehead atoms. The second kappa shape index (κ2) is 7.14. The first kappa shape index (κ1) is 16.1. The molecule has 1 aliphatic heterocycles. The normalized spacial score (nSPS) is 26.6. The SMILES string of the molecule is COc1ccc(CN[C@@H]2C[C@@H](C)N(C)C[C@@H]2C)cc1OC. The Morgan fingerprint density at radius 1 is 1.19 bits per heavy atom. The first-order valence-electron chi connectivity index (χ1n) is 7.69. The molecule has 0 spiro atoms. The van der Waals surface area contributed by atoms with Crippen molar-refractivity contribution in [3.05, 3.63) is 23.8 Å². The minimum atomic E-state index is 0.573. The lowest BCUT2D eigenvalue weighted by Gasteiger charge is -2.40. The van der Waals surface area contributed by atoms with Gasteiger partial charge >= 0.3 is 0 Å². The molecule has 0 radical (unpaired) electrons. The van der Waals surface area contributed by atoms with Gasteiger partial charge in [0, 0.05) is 25.2 Å². The molecule has 1 fully saturated rings. The smallest absolute Gasteiger partial charge is 0.161 e. The number of likely N-dealkylation sites (tertiary alicyclic amines) is 1. The Balaban J connectivity index is 1.96. The highest BCUT2D eigenvalue weighted by atomic mass is 16.5. The lowest BCUT2D eigenvalue weighted by atomic mass is 9.89. The summed E-state index contributed by atoms with van der Waals surface area (Å²) in [4.78, 5) is 2.44. The molecule has 21 heavy (non-hydrogen) atoms. The molecule has 3 atom stereocenters. The third-order valence-corrected chi connectivity index (χ3v) is 4.63. The number of nitrogens with one attached hydrogen (secondary N) is 1. The third-order valence-electron chi connectivity index (χ3n) is 4.63. The molecule has 0 unspecified atom stereocenters. The molecule has 0 saturated carbocycles. The van der Waals surface area contributed by atoms with E-state index in [1.165, 1.54) is 12.0 Å². The number of hydrogen-bond acceptors (Lipinski definition) is 4. The fraction of sp³-hybridized carbons (Fsp3) is 0.647. The van der Waals surface area contributed by atoms with Crippen molar-refractivity contribution < 1.29 is 9.47 Å². The molecule has 1 saturated heterocycles. The Hall–Kier alpha value is -1.26. The second-order valence-corrected chi connectivity index (χ2v) is 6.18. The van der Waals surface area contributed by atoms with Crippen molar-refractivity contribution in [2.24, 2.45) is 5.92 Å². The summed E-state index contributed by atoms with van der Waals surface area (Å²) in [6.07, 6.45) is 1.20. The van der Waals surface area contributed by atoms with Gasteiger partial charge in [0.2, 0.25) is 0 Å². The van der Waals surface area contributed by atoms with Crippen LogP contribution in [0.3, 0.4) is 0 Å². The molecule has 0 aromatic heterocycles. The van der Waals surface area contributed by atoms with Crippen molar-refractivity contribution in [1.82, 2.24) is 10.2 Å². The monoisotopic (exact) mass is 292 g/mol. The van der Waals surface area contributed by atoms with Crippen LogP contribution >= 0.6 is 0 Å². The number of rotatable bonds is 5. The van der Waals surface area contributed by atoms with Gasteiger partial charge in [-0.25, -0.2) is 0 Å². The van der Waals surface area contributed by atoms with Crippen LogP contribution in [-0.4, -0.2) is 44.8 Å². The summed E-state index contributed by atoms with van der Waals surface area (Å²) in [5, 5.41) is 3.70. The second-order valence-electron chi connectivity index (χ2n) is 6.18. The number of hydrogen-bond donors (Lipinski definition) is 1. The highest BCUT2D eigenvalue weighted by Gasteiger charge is 2.28. The third kappa shape index (κ3) is 3.89. The number of nitrogens with zero attached hydrogens (tertiary/aromatic N) is 1.